The summed E-state index contributed by atoms with van der Waals surface area (Å²) in [6, 6.07) is 23.6. The molecule has 2 aliphatic rings. The van der Waals surface area contributed by atoms with Gasteiger partial charge in [-0.3, -0.25) is 19.8 Å². The van der Waals surface area contributed by atoms with Crippen molar-refractivity contribution in [3.63, 3.8) is 0 Å². The van der Waals surface area contributed by atoms with Gasteiger partial charge in [0.2, 0.25) is 0 Å². The summed E-state index contributed by atoms with van der Waals surface area (Å²) in [7, 11) is 0. The molecule has 2 atom stereocenters. The number of non-ortho nitro benzene ring substituents is 1. The van der Waals surface area contributed by atoms with Gasteiger partial charge in [0.15, 0.2) is 0 Å². The number of nitro benzene ring substituents is 1. The first-order valence-electron chi connectivity index (χ1n) is 14.5. The predicted octanol–water partition coefficient (Wildman–Crippen LogP) is 6.15. The second kappa shape index (κ2) is 13.8. The summed E-state index contributed by atoms with van der Waals surface area (Å²) in [5.74, 6) is 0.0944. The van der Waals surface area contributed by atoms with Crippen LogP contribution < -0.4 is 0 Å². The van der Waals surface area contributed by atoms with E-state index in [1.165, 1.54) is 17.7 Å². The van der Waals surface area contributed by atoms with Gasteiger partial charge in [0, 0.05) is 62.9 Å². The minimum atomic E-state index is -0.462. The molecule has 0 aliphatic carbocycles. The van der Waals surface area contributed by atoms with Gasteiger partial charge in [0.1, 0.15) is 6.61 Å². The van der Waals surface area contributed by atoms with E-state index in [0.29, 0.717) is 35.8 Å². The van der Waals surface area contributed by atoms with E-state index in [1.54, 1.807) is 35.2 Å². The van der Waals surface area contributed by atoms with E-state index in [0.717, 1.165) is 25.9 Å². The van der Waals surface area contributed by atoms with E-state index in [2.05, 4.69) is 23.6 Å². The van der Waals surface area contributed by atoms with Gasteiger partial charge in [-0.25, -0.2) is 4.79 Å². The summed E-state index contributed by atoms with van der Waals surface area (Å²) >= 11 is 6.38. The molecule has 224 valence electrons. The zero-order valence-electron chi connectivity index (χ0n) is 23.9. The van der Waals surface area contributed by atoms with Gasteiger partial charge in [0.25, 0.3) is 11.6 Å². The van der Waals surface area contributed by atoms with E-state index < -0.39 is 11.0 Å². The highest BCUT2D eigenvalue weighted by Crippen LogP contribution is 2.35. The molecule has 10 heteroatoms. The molecule has 0 N–H and O–H groups in total. The number of halogens is 1. The lowest BCUT2D eigenvalue weighted by atomic mass is 9.91. The molecule has 0 unspecified atom stereocenters. The number of carbonyl (C=O) groups is 2. The zero-order chi connectivity index (χ0) is 30.3. The first-order chi connectivity index (χ1) is 20.9. The first-order valence-corrected chi connectivity index (χ1v) is 14.8. The quantitative estimate of drug-likeness (QED) is 0.166. The highest BCUT2D eigenvalue weighted by molar-refractivity contribution is 6.33. The second-order valence-corrected chi connectivity index (χ2v) is 11.4. The highest BCUT2D eigenvalue weighted by atomic mass is 35.5. The van der Waals surface area contributed by atoms with Gasteiger partial charge in [-0.15, -0.1) is 6.58 Å². The molecular weight excluding hydrogens is 568 g/mol. The van der Waals surface area contributed by atoms with Crippen molar-refractivity contribution in [3.8, 4) is 0 Å². The van der Waals surface area contributed by atoms with Crippen LogP contribution in [0.4, 0.5) is 10.5 Å². The van der Waals surface area contributed by atoms with Crippen LogP contribution in [0.1, 0.15) is 40.2 Å². The van der Waals surface area contributed by atoms with E-state index in [1.807, 2.05) is 35.2 Å². The molecule has 3 aromatic carbocycles. The maximum Gasteiger partial charge on any atom is 0.410 e. The summed E-state index contributed by atoms with van der Waals surface area (Å²) in [6.07, 6.45) is 2.78. The fourth-order valence-electron chi connectivity index (χ4n) is 6.14. The molecule has 43 heavy (non-hydrogen) atoms. The van der Waals surface area contributed by atoms with Crippen LogP contribution in [0.15, 0.2) is 91.5 Å². The molecule has 5 rings (SSSR count). The number of piperidine rings is 1. The van der Waals surface area contributed by atoms with Gasteiger partial charge < -0.3 is 14.5 Å². The molecule has 0 bridgehead atoms. The number of amides is 2. The van der Waals surface area contributed by atoms with Crippen molar-refractivity contribution in [1.82, 2.24) is 14.7 Å². The number of ether oxygens (including phenoxy) is 1. The molecule has 3 aromatic rings. The van der Waals surface area contributed by atoms with Crippen molar-refractivity contribution in [2.75, 3.05) is 32.7 Å². The van der Waals surface area contributed by atoms with Crippen molar-refractivity contribution in [3.05, 3.63) is 123 Å². The average Bonchev–Trinajstić information content (AvgIpc) is 3.49. The van der Waals surface area contributed by atoms with E-state index >= 15 is 0 Å². The second-order valence-electron chi connectivity index (χ2n) is 11.0. The Kier molecular flexibility index (Phi) is 9.74. The third kappa shape index (κ3) is 7.06. The Balaban J connectivity index is 1.24. The first kappa shape index (κ1) is 30.3. The molecular formula is C33H35ClN4O5. The molecule has 9 nitrogen and oxygen atoms in total. The Morgan fingerprint density at radius 1 is 1.00 bits per heavy atom. The lowest BCUT2D eigenvalue weighted by Gasteiger charge is -2.41. The monoisotopic (exact) mass is 602 g/mol. The van der Waals surface area contributed by atoms with Crippen molar-refractivity contribution in [2.24, 2.45) is 0 Å². The Labute approximate surface area is 256 Å². The summed E-state index contributed by atoms with van der Waals surface area (Å²) in [5.41, 5.74) is 2.38. The van der Waals surface area contributed by atoms with Crippen molar-refractivity contribution in [1.29, 1.82) is 0 Å². The number of likely N-dealkylation sites (tertiary alicyclic amines) is 2. The molecule has 0 spiro atoms. The van der Waals surface area contributed by atoms with Crippen LogP contribution in [0.25, 0.3) is 0 Å². The fraction of sp³-hybridized carbons (Fsp3) is 0.333. The summed E-state index contributed by atoms with van der Waals surface area (Å²) in [6.45, 7) is 6.97. The number of nitrogens with zero attached hydrogens (tertiary/aromatic N) is 4. The number of nitro groups is 1. The number of rotatable bonds is 9. The van der Waals surface area contributed by atoms with Crippen LogP contribution in [0.2, 0.25) is 5.02 Å². The Morgan fingerprint density at radius 3 is 2.33 bits per heavy atom. The third-order valence-corrected chi connectivity index (χ3v) is 8.72. The smallest absolute Gasteiger partial charge is 0.410 e. The van der Waals surface area contributed by atoms with Crippen LogP contribution in [-0.2, 0) is 11.3 Å². The lowest BCUT2D eigenvalue weighted by Crippen LogP contribution is -2.51. The number of carbonyl (C=O) groups excluding carboxylic acids is 2. The number of benzene rings is 3. The number of hydrogen-bond donors (Lipinski definition) is 0. The van der Waals surface area contributed by atoms with Gasteiger partial charge in [-0.05, 0) is 48.2 Å². The third-order valence-electron chi connectivity index (χ3n) is 8.39. The SMILES string of the molecule is C=CCN(C(=O)OCc1ccc([N+](=O)[O-])cc1)C1CCN([C@H]2CN(C(=O)c3ccccc3Cl)C[C@@H]2c2ccccc2)CC1. The van der Waals surface area contributed by atoms with Crippen LogP contribution in [0, 0.1) is 10.1 Å². The molecule has 2 amide bonds. The minimum Gasteiger partial charge on any atom is -0.445 e. The fourth-order valence-corrected chi connectivity index (χ4v) is 6.35. The van der Waals surface area contributed by atoms with Gasteiger partial charge in [-0.2, -0.15) is 0 Å². The minimum absolute atomic E-state index is 0.0109. The number of hydrogen-bond acceptors (Lipinski definition) is 6. The van der Waals surface area contributed by atoms with Crippen LogP contribution in [0.5, 0.6) is 0 Å². The summed E-state index contributed by atoms with van der Waals surface area (Å²) < 4.78 is 5.59. The van der Waals surface area contributed by atoms with E-state index in [9.17, 15) is 19.7 Å². The molecule has 2 fully saturated rings. The highest BCUT2D eigenvalue weighted by Gasteiger charge is 2.41. The maximum absolute atomic E-state index is 13.5. The molecule has 0 radical (unpaired) electrons. The largest absolute Gasteiger partial charge is 0.445 e. The lowest BCUT2D eigenvalue weighted by molar-refractivity contribution is -0.384. The van der Waals surface area contributed by atoms with Crippen molar-refractivity contribution in [2.45, 2.75) is 37.5 Å². The Hall–Kier alpha value is -4.21. The summed E-state index contributed by atoms with van der Waals surface area (Å²) in [4.78, 5) is 43.1. The topological polar surface area (TPSA) is 96.2 Å². The van der Waals surface area contributed by atoms with Gasteiger partial charge in [-0.1, -0.05) is 60.1 Å². The molecule has 0 aromatic heterocycles. The zero-order valence-corrected chi connectivity index (χ0v) is 24.6. The van der Waals surface area contributed by atoms with E-state index in [4.69, 9.17) is 16.3 Å². The predicted molar refractivity (Wildman–Crippen MR) is 165 cm³/mol. The normalized spacial score (nSPS) is 19.1. The maximum atomic E-state index is 13.5. The average molecular weight is 603 g/mol. The van der Waals surface area contributed by atoms with Crippen LogP contribution in [-0.4, -0.2) is 76.4 Å². The van der Waals surface area contributed by atoms with E-state index in [-0.39, 0.29) is 36.2 Å². The molecule has 2 saturated heterocycles. The standard InChI is InChI=1S/C33H35ClN4O5/c1-2-18-37(33(40)43-23-24-12-14-27(15-13-24)38(41)42)26-16-19-35(20-17-26)31-22-36(21-29(31)25-8-4-3-5-9-25)32(39)28-10-6-7-11-30(28)34/h2-15,26,29,31H,1,16-23H2/t29-,31+/m1/s1. The molecule has 2 aliphatic heterocycles. The van der Waals surface area contributed by atoms with Gasteiger partial charge >= 0.3 is 6.09 Å². The Bertz CT molecular complexity index is 1440. The van der Waals surface area contributed by atoms with Crippen molar-refractivity contribution < 1.29 is 19.2 Å². The van der Waals surface area contributed by atoms with Crippen molar-refractivity contribution >= 4 is 29.3 Å². The van der Waals surface area contributed by atoms with Crippen LogP contribution >= 0.6 is 11.6 Å². The molecule has 0 saturated carbocycles. The van der Waals surface area contributed by atoms with Gasteiger partial charge in [0.05, 0.1) is 15.5 Å². The Morgan fingerprint density at radius 2 is 1.67 bits per heavy atom. The van der Waals surface area contributed by atoms with Crippen LogP contribution in [0.3, 0.4) is 0 Å². The molecule has 2 heterocycles. The summed E-state index contributed by atoms with van der Waals surface area (Å²) in [5, 5.41) is 11.4.